The number of aryl methyl sites for hydroxylation is 1. The highest BCUT2D eigenvalue weighted by Crippen LogP contribution is 2.14. The molecule has 104 valence electrons. The van der Waals surface area contributed by atoms with Gasteiger partial charge in [0.15, 0.2) is 0 Å². The Labute approximate surface area is 103 Å². The van der Waals surface area contributed by atoms with Crippen LogP contribution in [-0.4, -0.2) is 40.9 Å². The van der Waals surface area contributed by atoms with Crippen molar-refractivity contribution in [3.8, 4) is 0 Å². The number of hydrogen-bond donors (Lipinski definition) is 1. The van der Waals surface area contributed by atoms with Crippen LogP contribution < -0.4 is 5.32 Å². The molecule has 0 aliphatic rings. The summed E-state index contributed by atoms with van der Waals surface area (Å²) >= 11 is 0. The van der Waals surface area contributed by atoms with Gasteiger partial charge in [-0.05, 0) is 13.0 Å². The van der Waals surface area contributed by atoms with Gasteiger partial charge in [-0.3, -0.25) is 4.68 Å². The largest absolute Gasteiger partial charge is 0.411 e. The van der Waals surface area contributed by atoms with E-state index in [0.29, 0.717) is 19.5 Å². The highest BCUT2D eigenvalue weighted by Gasteiger charge is 2.27. The summed E-state index contributed by atoms with van der Waals surface area (Å²) in [4.78, 5) is 0. The maximum absolute atomic E-state index is 11.8. The van der Waals surface area contributed by atoms with Gasteiger partial charge in [0.2, 0.25) is 0 Å². The molecule has 0 saturated heterocycles. The van der Waals surface area contributed by atoms with Gasteiger partial charge in [0.1, 0.15) is 6.61 Å². The van der Waals surface area contributed by atoms with Crippen molar-refractivity contribution >= 4 is 0 Å². The Morgan fingerprint density at radius 3 is 2.89 bits per heavy atom. The number of halogens is 3. The normalized spacial score (nSPS) is 12.0. The molecule has 8 heteroatoms. The summed E-state index contributed by atoms with van der Waals surface area (Å²) in [5, 5.41) is 10.9. The van der Waals surface area contributed by atoms with Gasteiger partial charge >= 0.3 is 6.18 Å². The Morgan fingerprint density at radius 2 is 2.22 bits per heavy atom. The molecule has 1 rings (SSSR count). The fourth-order valence-electron chi connectivity index (χ4n) is 1.30. The molecule has 1 aromatic heterocycles. The van der Waals surface area contributed by atoms with E-state index in [4.69, 9.17) is 0 Å². The molecular formula is C10H17F3N4O. The topological polar surface area (TPSA) is 52.0 Å². The van der Waals surface area contributed by atoms with Crippen LogP contribution in [0.15, 0.2) is 6.20 Å². The molecule has 1 heterocycles. The second-order valence-corrected chi connectivity index (χ2v) is 3.77. The lowest BCUT2D eigenvalue weighted by Gasteiger charge is -2.06. The van der Waals surface area contributed by atoms with Crippen LogP contribution in [0.5, 0.6) is 0 Å². The summed E-state index contributed by atoms with van der Waals surface area (Å²) in [6.45, 7) is 2.83. The van der Waals surface area contributed by atoms with Gasteiger partial charge in [-0.15, -0.1) is 5.10 Å². The predicted molar refractivity (Wildman–Crippen MR) is 58.9 cm³/mol. The molecule has 0 radical (unpaired) electrons. The summed E-state index contributed by atoms with van der Waals surface area (Å²) in [5.41, 5.74) is 0.813. The number of aromatic nitrogens is 3. The number of ether oxygens (including phenoxy) is 1. The van der Waals surface area contributed by atoms with Gasteiger partial charge in [0.25, 0.3) is 0 Å². The van der Waals surface area contributed by atoms with Gasteiger partial charge in [-0.25, -0.2) is 0 Å². The third-order valence-corrected chi connectivity index (χ3v) is 2.08. The summed E-state index contributed by atoms with van der Waals surface area (Å²) < 4.78 is 41.4. The average molecular weight is 266 g/mol. The lowest BCUT2D eigenvalue weighted by atomic mass is 10.4. The molecule has 18 heavy (non-hydrogen) atoms. The van der Waals surface area contributed by atoms with Gasteiger partial charge in [0, 0.05) is 25.9 Å². The highest BCUT2D eigenvalue weighted by molar-refractivity contribution is 4.91. The van der Waals surface area contributed by atoms with E-state index in [1.54, 1.807) is 10.9 Å². The monoisotopic (exact) mass is 266 g/mol. The first kappa shape index (κ1) is 14.9. The molecule has 0 aromatic carbocycles. The van der Waals surface area contributed by atoms with Gasteiger partial charge < -0.3 is 10.1 Å². The van der Waals surface area contributed by atoms with Crippen LogP contribution in [0.4, 0.5) is 13.2 Å². The number of nitrogens with one attached hydrogen (secondary N) is 1. The summed E-state index contributed by atoms with van der Waals surface area (Å²) in [6.07, 6.45) is -2.02. The minimum absolute atomic E-state index is 0.0575. The molecular weight excluding hydrogens is 249 g/mol. The van der Waals surface area contributed by atoms with E-state index in [9.17, 15) is 13.2 Å². The zero-order valence-corrected chi connectivity index (χ0v) is 10.2. The van der Waals surface area contributed by atoms with Gasteiger partial charge in [-0.1, -0.05) is 12.1 Å². The van der Waals surface area contributed by atoms with Crippen LogP contribution in [0.25, 0.3) is 0 Å². The summed E-state index contributed by atoms with van der Waals surface area (Å²) in [6, 6.07) is 0. The van der Waals surface area contributed by atoms with Crippen molar-refractivity contribution in [1.29, 1.82) is 0 Å². The molecule has 0 amide bonds. The Morgan fingerprint density at radius 1 is 1.44 bits per heavy atom. The Kier molecular flexibility index (Phi) is 6.06. The smallest absolute Gasteiger partial charge is 0.372 e. The minimum Gasteiger partial charge on any atom is -0.372 e. The highest BCUT2D eigenvalue weighted by atomic mass is 19.4. The third kappa shape index (κ3) is 6.55. The average Bonchev–Trinajstić information content (AvgIpc) is 2.72. The fraction of sp³-hybridized carbons (Fsp3) is 0.800. The van der Waals surface area contributed by atoms with Gasteiger partial charge in [0.05, 0.1) is 5.69 Å². The quantitative estimate of drug-likeness (QED) is 0.722. The zero-order chi connectivity index (χ0) is 13.4. The van der Waals surface area contributed by atoms with E-state index in [0.717, 1.165) is 12.2 Å². The van der Waals surface area contributed by atoms with Crippen molar-refractivity contribution in [3.63, 3.8) is 0 Å². The number of nitrogens with zero attached hydrogens (tertiary/aromatic N) is 3. The molecule has 0 unspecified atom stereocenters. The van der Waals surface area contributed by atoms with Crippen molar-refractivity contribution in [1.82, 2.24) is 20.3 Å². The van der Waals surface area contributed by atoms with Crippen molar-refractivity contribution in [3.05, 3.63) is 11.9 Å². The van der Waals surface area contributed by atoms with Crippen LogP contribution in [0.1, 0.15) is 19.0 Å². The molecule has 0 aliphatic heterocycles. The molecule has 1 N–H and O–H groups in total. The molecule has 0 aliphatic carbocycles. The Balaban J connectivity index is 2.13. The molecule has 0 saturated carbocycles. The van der Waals surface area contributed by atoms with E-state index in [-0.39, 0.29) is 6.61 Å². The standard InChI is InChI=1S/C10H17F3N4O/c1-2-14-6-9-7-17(16-15-9)4-3-5-18-8-10(11,12)13/h7,14H,2-6,8H2,1H3. The summed E-state index contributed by atoms with van der Waals surface area (Å²) in [5.74, 6) is 0. The van der Waals surface area contributed by atoms with Crippen molar-refractivity contribution in [2.24, 2.45) is 0 Å². The lowest BCUT2D eigenvalue weighted by Crippen LogP contribution is -2.17. The van der Waals surface area contributed by atoms with E-state index in [1.165, 1.54) is 0 Å². The van der Waals surface area contributed by atoms with Crippen LogP contribution in [0.3, 0.4) is 0 Å². The third-order valence-electron chi connectivity index (χ3n) is 2.08. The first-order chi connectivity index (χ1) is 8.51. The first-order valence-corrected chi connectivity index (χ1v) is 5.75. The number of hydrogen-bond acceptors (Lipinski definition) is 4. The minimum atomic E-state index is -4.26. The van der Waals surface area contributed by atoms with Crippen LogP contribution in [-0.2, 0) is 17.8 Å². The second kappa shape index (κ2) is 7.32. The van der Waals surface area contributed by atoms with E-state index in [1.807, 2.05) is 6.92 Å². The molecule has 5 nitrogen and oxygen atoms in total. The van der Waals surface area contributed by atoms with Crippen LogP contribution in [0.2, 0.25) is 0 Å². The SMILES string of the molecule is CCNCc1cn(CCCOCC(F)(F)F)nn1. The Hall–Kier alpha value is -1.15. The molecule has 0 fully saturated rings. The molecule has 0 spiro atoms. The van der Waals surface area contributed by atoms with Crippen molar-refractivity contribution in [2.45, 2.75) is 32.6 Å². The number of rotatable bonds is 8. The van der Waals surface area contributed by atoms with E-state index < -0.39 is 12.8 Å². The van der Waals surface area contributed by atoms with Crippen molar-refractivity contribution in [2.75, 3.05) is 19.8 Å². The van der Waals surface area contributed by atoms with Crippen molar-refractivity contribution < 1.29 is 17.9 Å². The van der Waals surface area contributed by atoms with E-state index >= 15 is 0 Å². The number of alkyl halides is 3. The van der Waals surface area contributed by atoms with Crippen LogP contribution >= 0.6 is 0 Å². The first-order valence-electron chi connectivity index (χ1n) is 5.75. The second-order valence-electron chi connectivity index (χ2n) is 3.77. The van der Waals surface area contributed by atoms with Gasteiger partial charge in [-0.2, -0.15) is 13.2 Å². The molecule has 1 aromatic rings. The maximum atomic E-state index is 11.8. The Bertz CT molecular complexity index is 340. The molecule has 0 atom stereocenters. The fourth-order valence-corrected chi connectivity index (χ4v) is 1.30. The van der Waals surface area contributed by atoms with E-state index in [2.05, 4.69) is 20.4 Å². The summed E-state index contributed by atoms with van der Waals surface area (Å²) in [7, 11) is 0. The zero-order valence-electron chi connectivity index (χ0n) is 10.2. The predicted octanol–water partition coefficient (Wildman–Crippen LogP) is 1.36. The van der Waals surface area contributed by atoms with Crippen LogP contribution in [0, 0.1) is 0 Å². The molecule has 0 bridgehead atoms. The lowest BCUT2D eigenvalue weighted by molar-refractivity contribution is -0.174. The maximum Gasteiger partial charge on any atom is 0.411 e.